The molecule has 20 heavy (non-hydrogen) atoms. The van der Waals surface area contributed by atoms with Gasteiger partial charge in [0.2, 0.25) is 5.92 Å². The number of hydrogen-bond donors (Lipinski definition) is 0. The summed E-state index contributed by atoms with van der Waals surface area (Å²) in [6.45, 7) is 7.80. The van der Waals surface area contributed by atoms with E-state index in [0.29, 0.717) is 12.5 Å². The lowest BCUT2D eigenvalue weighted by atomic mass is 9.86. The van der Waals surface area contributed by atoms with Gasteiger partial charge < -0.3 is 9.64 Å². The third-order valence-corrected chi connectivity index (χ3v) is 4.69. The van der Waals surface area contributed by atoms with Gasteiger partial charge in [0.25, 0.3) is 0 Å². The highest BCUT2D eigenvalue weighted by Gasteiger charge is 2.37. The Hall–Kier alpha value is -0.260. The van der Waals surface area contributed by atoms with Gasteiger partial charge in [0.05, 0.1) is 6.61 Å². The molecule has 5 heteroatoms. The molecule has 0 amide bonds. The van der Waals surface area contributed by atoms with Crippen molar-refractivity contribution in [1.29, 1.82) is 0 Å². The van der Waals surface area contributed by atoms with Gasteiger partial charge in [0, 0.05) is 58.7 Å². The minimum absolute atomic E-state index is 0.0880. The molecule has 0 N–H and O–H groups in total. The molecule has 118 valence electrons. The number of halogens is 2. The monoisotopic (exact) mass is 290 g/mol. The van der Waals surface area contributed by atoms with Crippen LogP contribution in [-0.2, 0) is 4.74 Å². The molecule has 0 bridgehead atoms. The summed E-state index contributed by atoms with van der Waals surface area (Å²) in [7, 11) is 1.73. The van der Waals surface area contributed by atoms with Crippen LogP contribution in [-0.4, -0.2) is 68.2 Å². The lowest BCUT2D eigenvalue weighted by molar-refractivity contribution is -0.0599. The van der Waals surface area contributed by atoms with Gasteiger partial charge in [0.15, 0.2) is 0 Å². The SMILES string of the molecule is COCCN1CCN(C[C@@H]2CCCC(F)(F)C2)C[C@@H]1C. The molecule has 1 aliphatic heterocycles. The minimum atomic E-state index is -2.42. The molecule has 2 aliphatic rings. The van der Waals surface area contributed by atoms with Crippen LogP contribution >= 0.6 is 0 Å². The van der Waals surface area contributed by atoms with E-state index in [0.717, 1.165) is 45.8 Å². The van der Waals surface area contributed by atoms with Crippen LogP contribution in [0.5, 0.6) is 0 Å². The second-order valence-corrected chi connectivity index (χ2v) is 6.46. The molecule has 1 heterocycles. The number of alkyl halides is 2. The van der Waals surface area contributed by atoms with Crippen molar-refractivity contribution in [2.45, 2.75) is 44.6 Å². The van der Waals surface area contributed by atoms with Crippen molar-refractivity contribution in [2.75, 3.05) is 46.4 Å². The summed E-state index contributed by atoms with van der Waals surface area (Å²) in [4.78, 5) is 4.80. The van der Waals surface area contributed by atoms with E-state index in [-0.39, 0.29) is 18.8 Å². The first-order valence-corrected chi connectivity index (χ1v) is 7.83. The summed E-state index contributed by atoms with van der Waals surface area (Å²) in [5.74, 6) is -2.24. The van der Waals surface area contributed by atoms with Crippen molar-refractivity contribution in [3.63, 3.8) is 0 Å². The smallest absolute Gasteiger partial charge is 0.248 e. The molecule has 1 saturated carbocycles. The summed E-state index contributed by atoms with van der Waals surface area (Å²) in [5, 5.41) is 0. The summed E-state index contributed by atoms with van der Waals surface area (Å²) in [6, 6.07) is 0.489. The lowest BCUT2D eigenvalue weighted by Gasteiger charge is -2.42. The highest BCUT2D eigenvalue weighted by molar-refractivity contribution is 4.84. The van der Waals surface area contributed by atoms with Crippen molar-refractivity contribution in [1.82, 2.24) is 9.80 Å². The molecule has 0 radical (unpaired) electrons. The summed E-state index contributed by atoms with van der Waals surface area (Å²) >= 11 is 0. The van der Waals surface area contributed by atoms with Gasteiger partial charge >= 0.3 is 0 Å². The second kappa shape index (κ2) is 7.14. The maximum atomic E-state index is 13.4. The summed E-state index contributed by atoms with van der Waals surface area (Å²) in [6.07, 6.45) is 1.82. The maximum Gasteiger partial charge on any atom is 0.248 e. The first-order chi connectivity index (χ1) is 9.50. The van der Waals surface area contributed by atoms with Crippen LogP contribution in [0, 0.1) is 5.92 Å². The Morgan fingerprint density at radius 2 is 2.10 bits per heavy atom. The van der Waals surface area contributed by atoms with E-state index < -0.39 is 5.92 Å². The van der Waals surface area contributed by atoms with E-state index in [1.54, 1.807) is 7.11 Å². The predicted octanol–water partition coefficient (Wildman–Crippen LogP) is 2.46. The molecule has 0 aromatic carbocycles. The molecule has 2 atom stereocenters. The molecule has 1 saturated heterocycles. The van der Waals surface area contributed by atoms with Gasteiger partial charge in [-0.05, 0) is 25.7 Å². The predicted molar refractivity (Wildman–Crippen MR) is 76.3 cm³/mol. The summed E-state index contributed by atoms with van der Waals surface area (Å²) < 4.78 is 32.0. The van der Waals surface area contributed by atoms with E-state index in [1.165, 1.54) is 0 Å². The average Bonchev–Trinajstić information content (AvgIpc) is 2.36. The highest BCUT2D eigenvalue weighted by atomic mass is 19.3. The Bertz CT molecular complexity index is 302. The maximum absolute atomic E-state index is 13.4. The van der Waals surface area contributed by atoms with Crippen LogP contribution in [0.25, 0.3) is 0 Å². The van der Waals surface area contributed by atoms with Crippen molar-refractivity contribution in [3.05, 3.63) is 0 Å². The largest absolute Gasteiger partial charge is 0.383 e. The van der Waals surface area contributed by atoms with Crippen molar-refractivity contribution in [3.8, 4) is 0 Å². The molecule has 1 aliphatic carbocycles. The number of nitrogens with zero attached hydrogens (tertiary/aromatic N) is 2. The molecule has 0 aromatic rings. The molecular formula is C15H28F2N2O. The average molecular weight is 290 g/mol. The lowest BCUT2D eigenvalue weighted by Crippen LogP contribution is -2.53. The van der Waals surface area contributed by atoms with Gasteiger partial charge in [-0.1, -0.05) is 0 Å². The van der Waals surface area contributed by atoms with Gasteiger partial charge in [-0.2, -0.15) is 0 Å². The Morgan fingerprint density at radius 1 is 1.30 bits per heavy atom. The van der Waals surface area contributed by atoms with Gasteiger partial charge in [0.1, 0.15) is 0 Å². The molecular weight excluding hydrogens is 262 g/mol. The Balaban J connectivity index is 1.75. The zero-order chi connectivity index (χ0) is 14.6. The third-order valence-electron chi connectivity index (χ3n) is 4.69. The fourth-order valence-electron chi connectivity index (χ4n) is 3.57. The molecule has 0 aromatic heterocycles. The molecule has 2 fully saturated rings. The van der Waals surface area contributed by atoms with E-state index >= 15 is 0 Å². The highest BCUT2D eigenvalue weighted by Crippen LogP contribution is 2.37. The number of methoxy groups -OCH3 is 1. The quantitative estimate of drug-likeness (QED) is 0.773. The van der Waals surface area contributed by atoms with Crippen LogP contribution in [0.2, 0.25) is 0 Å². The number of ether oxygens (including phenoxy) is 1. The van der Waals surface area contributed by atoms with Crippen molar-refractivity contribution < 1.29 is 13.5 Å². The molecule has 0 unspecified atom stereocenters. The van der Waals surface area contributed by atoms with Gasteiger partial charge in [-0.15, -0.1) is 0 Å². The fourth-order valence-corrected chi connectivity index (χ4v) is 3.57. The number of piperazine rings is 1. The standard InChI is InChI=1S/C15H28F2N2O/c1-13-11-18(6-7-19(13)8-9-20-2)12-14-4-3-5-15(16,17)10-14/h13-14H,3-12H2,1-2H3/t13-,14+/m0/s1. The van der Waals surface area contributed by atoms with Crippen LogP contribution in [0.3, 0.4) is 0 Å². The molecule has 3 nitrogen and oxygen atoms in total. The van der Waals surface area contributed by atoms with Crippen LogP contribution in [0.1, 0.15) is 32.6 Å². The normalized spacial score (nSPS) is 32.4. The first-order valence-electron chi connectivity index (χ1n) is 7.83. The molecule has 0 spiro atoms. The second-order valence-electron chi connectivity index (χ2n) is 6.46. The number of hydrogen-bond acceptors (Lipinski definition) is 3. The van der Waals surface area contributed by atoms with E-state index in [2.05, 4.69) is 16.7 Å². The molecule has 2 rings (SSSR count). The van der Waals surface area contributed by atoms with Crippen LogP contribution in [0.4, 0.5) is 8.78 Å². The third kappa shape index (κ3) is 4.64. The minimum Gasteiger partial charge on any atom is -0.383 e. The van der Waals surface area contributed by atoms with E-state index in [9.17, 15) is 8.78 Å². The fraction of sp³-hybridized carbons (Fsp3) is 1.00. The number of rotatable bonds is 5. The van der Waals surface area contributed by atoms with Crippen molar-refractivity contribution >= 4 is 0 Å². The Kier molecular flexibility index (Phi) is 5.75. The van der Waals surface area contributed by atoms with Gasteiger partial charge in [-0.3, -0.25) is 4.90 Å². The van der Waals surface area contributed by atoms with Crippen LogP contribution in [0.15, 0.2) is 0 Å². The zero-order valence-electron chi connectivity index (χ0n) is 12.8. The first kappa shape index (κ1) is 16.1. The van der Waals surface area contributed by atoms with E-state index in [1.807, 2.05) is 0 Å². The zero-order valence-corrected chi connectivity index (χ0v) is 12.8. The Labute approximate surface area is 121 Å². The van der Waals surface area contributed by atoms with Crippen molar-refractivity contribution in [2.24, 2.45) is 5.92 Å². The van der Waals surface area contributed by atoms with Crippen LogP contribution < -0.4 is 0 Å². The van der Waals surface area contributed by atoms with Gasteiger partial charge in [-0.25, -0.2) is 8.78 Å². The Morgan fingerprint density at radius 3 is 2.75 bits per heavy atom. The summed E-state index contributed by atoms with van der Waals surface area (Å²) in [5.41, 5.74) is 0. The van der Waals surface area contributed by atoms with E-state index in [4.69, 9.17) is 4.74 Å². The topological polar surface area (TPSA) is 15.7 Å².